The summed E-state index contributed by atoms with van der Waals surface area (Å²) in [5.74, 6) is 0.223. The normalized spacial score (nSPS) is 15.9. The summed E-state index contributed by atoms with van der Waals surface area (Å²) in [6.45, 7) is 12.5. The lowest BCUT2D eigenvalue weighted by molar-refractivity contribution is 0.0903. The molecule has 1 aromatic carbocycles. The van der Waals surface area contributed by atoms with Crippen LogP contribution in [0.2, 0.25) is 18.1 Å². The van der Waals surface area contributed by atoms with E-state index in [1.165, 1.54) is 12.1 Å². The highest BCUT2D eigenvalue weighted by Crippen LogP contribution is 2.40. The Kier molecular flexibility index (Phi) is 8.25. The van der Waals surface area contributed by atoms with Crippen molar-refractivity contribution in [2.24, 2.45) is 0 Å². The zero-order valence-electron chi connectivity index (χ0n) is 22.3. The highest BCUT2D eigenvalue weighted by molar-refractivity contribution is 6.74. The van der Waals surface area contributed by atoms with Crippen LogP contribution < -0.4 is 10.9 Å². The maximum atomic E-state index is 14.1. The van der Waals surface area contributed by atoms with Gasteiger partial charge < -0.3 is 19.0 Å². The van der Waals surface area contributed by atoms with Gasteiger partial charge in [-0.05, 0) is 60.8 Å². The fraction of sp³-hybridized carbons (Fsp3) is 0.464. The van der Waals surface area contributed by atoms with Crippen LogP contribution in [0.15, 0.2) is 59.7 Å². The summed E-state index contributed by atoms with van der Waals surface area (Å²) >= 11 is 0. The van der Waals surface area contributed by atoms with E-state index in [2.05, 4.69) is 49.1 Å². The van der Waals surface area contributed by atoms with Crippen molar-refractivity contribution in [2.75, 3.05) is 18.5 Å². The maximum absolute atomic E-state index is 14.1. The summed E-state index contributed by atoms with van der Waals surface area (Å²) in [7, 11) is -2.20. The van der Waals surface area contributed by atoms with Crippen molar-refractivity contribution in [3.8, 4) is 11.3 Å². The molecule has 9 heteroatoms. The van der Waals surface area contributed by atoms with Crippen molar-refractivity contribution < 1.29 is 13.6 Å². The van der Waals surface area contributed by atoms with Crippen molar-refractivity contribution in [3.05, 3.63) is 76.6 Å². The second-order valence-corrected chi connectivity index (χ2v) is 15.9. The van der Waals surface area contributed by atoms with Crippen molar-refractivity contribution in [1.82, 2.24) is 14.5 Å². The first-order valence-electron chi connectivity index (χ1n) is 12.8. The Morgan fingerprint density at radius 2 is 1.95 bits per heavy atom. The number of nitrogens with one attached hydrogen (secondary N) is 1. The number of benzene rings is 1. The minimum atomic E-state index is -2.20. The minimum Gasteiger partial charge on any atom is -0.408 e. The number of rotatable bonds is 8. The topological polar surface area (TPSA) is 78.3 Å². The van der Waals surface area contributed by atoms with E-state index in [9.17, 15) is 9.18 Å². The average Bonchev–Trinajstić information content (AvgIpc) is 2.85. The van der Waals surface area contributed by atoms with Crippen LogP contribution in [-0.2, 0) is 15.7 Å². The molecular weight excluding hydrogens is 487 g/mol. The molecule has 1 saturated heterocycles. The van der Waals surface area contributed by atoms with Crippen LogP contribution in [0.3, 0.4) is 0 Å². The third-order valence-corrected chi connectivity index (χ3v) is 11.8. The molecule has 0 radical (unpaired) electrons. The van der Waals surface area contributed by atoms with E-state index in [-0.39, 0.29) is 29.0 Å². The van der Waals surface area contributed by atoms with E-state index >= 15 is 0 Å². The predicted molar refractivity (Wildman–Crippen MR) is 147 cm³/mol. The summed E-state index contributed by atoms with van der Waals surface area (Å²) in [4.78, 5) is 22.2. The molecule has 0 saturated carbocycles. The molecule has 4 rings (SSSR count). The van der Waals surface area contributed by atoms with E-state index in [4.69, 9.17) is 9.16 Å². The van der Waals surface area contributed by atoms with Crippen LogP contribution in [0, 0.1) is 5.82 Å². The first-order valence-corrected chi connectivity index (χ1v) is 15.7. The molecule has 0 aliphatic carbocycles. The van der Waals surface area contributed by atoms with Crippen LogP contribution in [0.1, 0.15) is 45.3 Å². The van der Waals surface area contributed by atoms with Crippen LogP contribution in [0.4, 0.5) is 10.3 Å². The van der Waals surface area contributed by atoms with Gasteiger partial charge in [0.1, 0.15) is 5.82 Å². The Morgan fingerprint density at radius 3 is 2.62 bits per heavy atom. The molecule has 0 unspecified atom stereocenters. The number of hydrogen-bond donors (Lipinski definition) is 1. The van der Waals surface area contributed by atoms with Crippen molar-refractivity contribution in [3.63, 3.8) is 0 Å². The van der Waals surface area contributed by atoms with E-state index in [1.807, 2.05) is 12.1 Å². The molecule has 0 bridgehead atoms. The largest absolute Gasteiger partial charge is 0.408 e. The molecule has 37 heavy (non-hydrogen) atoms. The Morgan fingerprint density at radius 1 is 1.19 bits per heavy atom. The average molecular weight is 525 g/mol. The summed E-state index contributed by atoms with van der Waals surface area (Å²) in [5, 5.41) is 3.34. The summed E-state index contributed by atoms with van der Waals surface area (Å²) in [6.07, 6.45) is 4.82. The zero-order valence-corrected chi connectivity index (χ0v) is 23.3. The van der Waals surface area contributed by atoms with Gasteiger partial charge in [-0.25, -0.2) is 14.4 Å². The molecule has 0 amide bonds. The Labute approximate surface area is 219 Å². The van der Waals surface area contributed by atoms with E-state index in [0.717, 1.165) is 31.6 Å². The smallest absolute Gasteiger partial charge is 0.251 e. The van der Waals surface area contributed by atoms with Gasteiger partial charge in [0.05, 0.1) is 18.3 Å². The Bertz CT molecular complexity index is 1270. The fourth-order valence-electron chi connectivity index (χ4n) is 4.06. The lowest BCUT2D eigenvalue weighted by Gasteiger charge is -2.39. The minimum absolute atomic E-state index is 0.0310. The quantitative estimate of drug-likeness (QED) is 0.375. The van der Waals surface area contributed by atoms with E-state index in [0.29, 0.717) is 17.2 Å². The molecule has 1 N–H and O–H groups in total. The van der Waals surface area contributed by atoms with Gasteiger partial charge in [-0.15, -0.1) is 0 Å². The zero-order chi connectivity index (χ0) is 26.6. The number of anilines is 1. The van der Waals surface area contributed by atoms with Gasteiger partial charge >= 0.3 is 0 Å². The van der Waals surface area contributed by atoms with Crippen LogP contribution in [-0.4, -0.2) is 42.1 Å². The first kappa shape index (κ1) is 27.2. The molecule has 1 fully saturated rings. The molecular formula is C28H37FN4O3Si. The molecule has 1 aliphatic heterocycles. The second kappa shape index (κ2) is 11.2. The lowest BCUT2D eigenvalue weighted by Crippen LogP contribution is -2.43. The second-order valence-electron chi connectivity index (χ2n) is 11.1. The van der Waals surface area contributed by atoms with Crippen molar-refractivity contribution >= 4 is 14.3 Å². The predicted octanol–water partition coefficient (Wildman–Crippen LogP) is 5.80. The number of pyridine rings is 1. The molecule has 2 aromatic heterocycles. The summed E-state index contributed by atoms with van der Waals surface area (Å²) in [6, 6.07) is 12.0. The molecule has 3 aromatic rings. The first-order chi connectivity index (χ1) is 17.5. The molecule has 0 spiro atoms. The SMILES string of the molecule is CC(C)(C)[Si](C)(C)O[C@H](Cn1ccc(-c2ccnc(NC3CCOCC3)n2)cc1=O)c1cccc(F)c1. The molecule has 198 valence electrons. The summed E-state index contributed by atoms with van der Waals surface area (Å²) in [5.41, 5.74) is 1.94. The van der Waals surface area contributed by atoms with Gasteiger partial charge in [0.25, 0.3) is 5.56 Å². The highest BCUT2D eigenvalue weighted by Gasteiger charge is 2.39. The highest BCUT2D eigenvalue weighted by atomic mass is 28.4. The number of aromatic nitrogens is 3. The maximum Gasteiger partial charge on any atom is 0.251 e. The number of ether oxygens (including phenoxy) is 1. The van der Waals surface area contributed by atoms with Crippen LogP contribution >= 0.6 is 0 Å². The Balaban J connectivity index is 1.57. The number of halogens is 1. The monoisotopic (exact) mass is 524 g/mol. The molecule has 7 nitrogen and oxygen atoms in total. The number of nitrogens with zero attached hydrogens (tertiary/aromatic N) is 3. The van der Waals surface area contributed by atoms with Gasteiger partial charge in [0.15, 0.2) is 8.32 Å². The van der Waals surface area contributed by atoms with Gasteiger partial charge in [-0.1, -0.05) is 32.9 Å². The molecule has 1 aliphatic rings. The summed E-state index contributed by atoms with van der Waals surface area (Å²) < 4.78 is 27.8. The van der Waals surface area contributed by atoms with Gasteiger partial charge in [-0.3, -0.25) is 4.79 Å². The molecule has 1 atom stereocenters. The fourth-order valence-corrected chi connectivity index (χ4v) is 5.34. The van der Waals surface area contributed by atoms with Crippen LogP contribution in [0.5, 0.6) is 0 Å². The Hall–Kier alpha value is -2.88. The van der Waals surface area contributed by atoms with Gasteiger partial charge in [0.2, 0.25) is 5.95 Å². The molecule has 3 heterocycles. The standard InChI is InChI=1S/C28H37FN4O3Si/c1-28(2,3)37(4,5)36-25(21-7-6-8-22(29)17-21)19-33-14-10-20(18-26(33)34)24-9-13-30-27(32-24)31-23-11-15-35-16-12-23/h6-10,13-14,17-18,23,25H,11-12,15-16,19H2,1-5H3,(H,30,31,32)/t25-/m1/s1. The number of hydrogen-bond acceptors (Lipinski definition) is 6. The van der Waals surface area contributed by atoms with Crippen LogP contribution in [0.25, 0.3) is 11.3 Å². The van der Waals surface area contributed by atoms with E-state index < -0.39 is 14.4 Å². The third-order valence-electron chi connectivity index (χ3n) is 7.33. The van der Waals surface area contributed by atoms with Gasteiger partial charge in [0, 0.05) is 43.3 Å². The van der Waals surface area contributed by atoms with E-state index in [1.54, 1.807) is 35.2 Å². The van der Waals surface area contributed by atoms with Gasteiger partial charge in [-0.2, -0.15) is 0 Å². The lowest BCUT2D eigenvalue weighted by atomic mass is 10.1. The van der Waals surface area contributed by atoms with Crippen molar-refractivity contribution in [2.45, 2.75) is 70.4 Å². The van der Waals surface area contributed by atoms with Crippen molar-refractivity contribution in [1.29, 1.82) is 0 Å². The third kappa shape index (κ3) is 6.91.